The summed E-state index contributed by atoms with van der Waals surface area (Å²) in [4.78, 5) is 17.3. The molecule has 0 radical (unpaired) electrons. The van der Waals surface area contributed by atoms with Crippen molar-refractivity contribution >= 4 is 39.3 Å². The lowest BCUT2D eigenvalue weighted by Gasteiger charge is -2.09. The van der Waals surface area contributed by atoms with Crippen molar-refractivity contribution in [2.24, 2.45) is 7.05 Å². The minimum absolute atomic E-state index is 0.115. The summed E-state index contributed by atoms with van der Waals surface area (Å²) in [5.74, 6) is 0.497. The van der Waals surface area contributed by atoms with Gasteiger partial charge in [-0.1, -0.05) is 54.6 Å². The number of amides is 1. The highest BCUT2D eigenvalue weighted by Gasteiger charge is 2.12. The van der Waals surface area contributed by atoms with E-state index in [4.69, 9.17) is 4.42 Å². The highest BCUT2D eigenvalue weighted by molar-refractivity contribution is 6.07. The van der Waals surface area contributed by atoms with Crippen LogP contribution in [0.25, 0.3) is 33.0 Å². The number of nitrogens with zero attached hydrogens (tertiary/aromatic N) is 3. The van der Waals surface area contributed by atoms with Gasteiger partial charge in [-0.15, -0.1) is 0 Å². The molecule has 0 aliphatic carbocycles. The zero-order valence-corrected chi connectivity index (χ0v) is 20.6. The third-order valence-electron chi connectivity index (χ3n) is 6.57. The molecule has 1 amide bonds. The molecule has 0 bridgehead atoms. The maximum atomic E-state index is 12.9. The van der Waals surface area contributed by atoms with Gasteiger partial charge >= 0.3 is 0 Å². The molecule has 184 valence electrons. The Kier molecular flexibility index (Phi) is 5.83. The van der Waals surface area contributed by atoms with Gasteiger partial charge in [0.05, 0.1) is 17.3 Å². The van der Waals surface area contributed by atoms with Gasteiger partial charge in [0.25, 0.3) is 11.9 Å². The average Bonchev–Trinajstić information content (AvgIpc) is 3.55. The maximum Gasteiger partial charge on any atom is 0.299 e. The first kappa shape index (κ1) is 23.1. The van der Waals surface area contributed by atoms with Crippen LogP contribution in [0.3, 0.4) is 0 Å². The molecule has 38 heavy (non-hydrogen) atoms. The van der Waals surface area contributed by atoms with E-state index < -0.39 is 0 Å². The molecule has 6 aromatic rings. The van der Waals surface area contributed by atoms with Crippen LogP contribution in [-0.2, 0) is 13.6 Å². The standard InChI is InChI=1S/C31H23N5O2/c1-36-19-23(16-32)26-13-12-24(15-28(26)36)35-31-34-18-29(38-31)22-9-4-6-20(14-22)17-33-30(37)27-11-5-8-21-7-2-3-10-25(21)27/h2-15,18-19H,17H2,1H3,(H,33,37)(H,34,35). The first-order valence-electron chi connectivity index (χ1n) is 12.2. The van der Waals surface area contributed by atoms with Crippen molar-refractivity contribution in [2.75, 3.05) is 5.32 Å². The molecular formula is C31H23N5O2. The van der Waals surface area contributed by atoms with Crippen molar-refractivity contribution in [3.05, 3.63) is 114 Å². The number of fused-ring (bicyclic) bond motifs is 2. The lowest BCUT2D eigenvalue weighted by atomic mass is 10.0. The predicted molar refractivity (Wildman–Crippen MR) is 148 cm³/mol. The minimum atomic E-state index is -0.115. The van der Waals surface area contributed by atoms with Gasteiger partial charge in [-0.25, -0.2) is 4.98 Å². The predicted octanol–water partition coefficient (Wildman–Crippen LogP) is 6.53. The molecule has 0 fully saturated rings. The number of hydrogen-bond donors (Lipinski definition) is 2. The van der Waals surface area contributed by atoms with Crippen molar-refractivity contribution in [1.29, 1.82) is 5.26 Å². The number of nitriles is 1. The highest BCUT2D eigenvalue weighted by Crippen LogP contribution is 2.28. The molecule has 2 heterocycles. The second kappa shape index (κ2) is 9.60. The van der Waals surface area contributed by atoms with Crippen molar-refractivity contribution in [3.8, 4) is 17.4 Å². The van der Waals surface area contributed by atoms with Crippen LogP contribution in [0.15, 0.2) is 102 Å². The van der Waals surface area contributed by atoms with Crippen LogP contribution in [0.2, 0.25) is 0 Å². The number of carbonyl (C=O) groups excluding carboxylic acids is 1. The van der Waals surface area contributed by atoms with E-state index >= 15 is 0 Å². The lowest BCUT2D eigenvalue weighted by Crippen LogP contribution is -2.23. The van der Waals surface area contributed by atoms with Gasteiger partial charge in [-0.05, 0) is 46.7 Å². The quantitative estimate of drug-likeness (QED) is 0.273. The van der Waals surface area contributed by atoms with Gasteiger partial charge in [-0.3, -0.25) is 4.79 Å². The van der Waals surface area contributed by atoms with E-state index in [1.165, 1.54) is 0 Å². The molecule has 0 aliphatic heterocycles. The molecule has 2 N–H and O–H groups in total. The van der Waals surface area contributed by atoms with Crippen LogP contribution in [0.4, 0.5) is 11.7 Å². The summed E-state index contributed by atoms with van der Waals surface area (Å²) in [7, 11) is 1.91. The largest absolute Gasteiger partial charge is 0.423 e. The molecule has 0 saturated heterocycles. The monoisotopic (exact) mass is 497 g/mol. The Bertz CT molecular complexity index is 1850. The fourth-order valence-corrected chi connectivity index (χ4v) is 4.68. The third-order valence-corrected chi connectivity index (χ3v) is 6.57. The summed E-state index contributed by atoms with van der Waals surface area (Å²) < 4.78 is 7.89. The second-order valence-corrected chi connectivity index (χ2v) is 9.06. The molecule has 0 saturated carbocycles. The van der Waals surface area contributed by atoms with Crippen LogP contribution < -0.4 is 10.6 Å². The van der Waals surface area contributed by atoms with E-state index in [2.05, 4.69) is 21.7 Å². The number of aryl methyl sites for hydroxylation is 1. The first-order valence-corrected chi connectivity index (χ1v) is 12.2. The van der Waals surface area contributed by atoms with Gasteiger partial charge in [0.2, 0.25) is 0 Å². The molecule has 0 unspecified atom stereocenters. The van der Waals surface area contributed by atoms with Crippen molar-refractivity contribution in [2.45, 2.75) is 6.54 Å². The SMILES string of the molecule is Cn1cc(C#N)c2ccc(Nc3ncc(-c4cccc(CNC(=O)c5cccc6ccccc56)c4)o3)cc21. The second-order valence-electron chi connectivity index (χ2n) is 9.06. The Morgan fingerprint density at radius 1 is 1.00 bits per heavy atom. The van der Waals surface area contributed by atoms with Gasteiger partial charge in [0.15, 0.2) is 5.76 Å². The molecule has 0 atom stereocenters. The smallest absolute Gasteiger partial charge is 0.299 e. The topological polar surface area (TPSA) is 95.9 Å². The first-order chi connectivity index (χ1) is 18.6. The maximum absolute atomic E-state index is 12.9. The van der Waals surface area contributed by atoms with E-state index in [0.29, 0.717) is 29.4 Å². The van der Waals surface area contributed by atoms with Gasteiger partial charge in [0.1, 0.15) is 6.07 Å². The molecule has 7 heteroatoms. The van der Waals surface area contributed by atoms with Crippen molar-refractivity contribution in [1.82, 2.24) is 14.9 Å². The Balaban J connectivity index is 1.16. The normalized spacial score (nSPS) is 10.9. The molecule has 6 rings (SSSR count). The summed E-state index contributed by atoms with van der Waals surface area (Å²) in [5.41, 5.74) is 4.85. The van der Waals surface area contributed by atoms with E-state index in [1.807, 2.05) is 103 Å². The molecular weight excluding hydrogens is 474 g/mol. The van der Waals surface area contributed by atoms with Crippen molar-refractivity contribution in [3.63, 3.8) is 0 Å². The van der Waals surface area contributed by atoms with Crippen LogP contribution in [-0.4, -0.2) is 15.5 Å². The zero-order valence-electron chi connectivity index (χ0n) is 20.6. The van der Waals surface area contributed by atoms with E-state index in [0.717, 1.165) is 38.5 Å². The van der Waals surface area contributed by atoms with Crippen LogP contribution in [0, 0.1) is 11.3 Å². The number of aromatic nitrogens is 2. The van der Waals surface area contributed by atoms with E-state index in [-0.39, 0.29) is 5.91 Å². The zero-order chi connectivity index (χ0) is 26.1. The number of rotatable bonds is 6. The summed E-state index contributed by atoms with van der Waals surface area (Å²) in [6, 6.07) is 29.8. The van der Waals surface area contributed by atoms with E-state index in [9.17, 15) is 10.1 Å². The number of hydrogen-bond acceptors (Lipinski definition) is 5. The minimum Gasteiger partial charge on any atom is -0.423 e. The third kappa shape index (κ3) is 4.36. The fourth-order valence-electron chi connectivity index (χ4n) is 4.68. The summed E-state index contributed by atoms with van der Waals surface area (Å²) in [6.07, 6.45) is 3.49. The fraction of sp³-hybridized carbons (Fsp3) is 0.0645. The van der Waals surface area contributed by atoms with Gasteiger partial charge in [-0.2, -0.15) is 5.26 Å². The van der Waals surface area contributed by atoms with Crippen LogP contribution in [0.5, 0.6) is 0 Å². The van der Waals surface area contributed by atoms with Crippen molar-refractivity contribution < 1.29 is 9.21 Å². The molecule has 2 aromatic heterocycles. The van der Waals surface area contributed by atoms with E-state index in [1.54, 1.807) is 6.20 Å². The molecule has 7 nitrogen and oxygen atoms in total. The average molecular weight is 498 g/mol. The van der Waals surface area contributed by atoms with Gasteiger partial charge in [0, 0.05) is 42.0 Å². The van der Waals surface area contributed by atoms with Crippen LogP contribution in [0.1, 0.15) is 21.5 Å². The number of benzene rings is 4. The van der Waals surface area contributed by atoms with Crippen LogP contribution >= 0.6 is 0 Å². The lowest BCUT2D eigenvalue weighted by molar-refractivity contribution is 0.0952. The summed E-state index contributed by atoms with van der Waals surface area (Å²) in [5, 5.41) is 18.4. The molecule has 4 aromatic carbocycles. The number of nitrogens with one attached hydrogen (secondary N) is 2. The number of oxazole rings is 1. The summed E-state index contributed by atoms with van der Waals surface area (Å²) in [6.45, 7) is 0.385. The Hall–Kier alpha value is -5.35. The Labute approximate surface area is 219 Å². The van der Waals surface area contributed by atoms with Gasteiger partial charge < -0.3 is 19.6 Å². The number of anilines is 2. The Morgan fingerprint density at radius 3 is 2.74 bits per heavy atom. The molecule has 0 spiro atoms. The highest BCUT2D eigenvalue weighted by atomic mass is 16.4. The molecule has 0 aliphatic rings. The Morgan fingerprint density at radius 2 is 1.84 bits per heavy atom. The number of carbonyl (C=O) groups is 1. The summed E-state index contributed by atoms with van der Waals surface area (Å²) >= 11 is 0.